The van der Waals surface area contributed by atoms with Crippen LogP contribution in [-0.4, -0.2) is 69.8 Å². The Morgan fingerprint density at radius 1 is 1.23 bits per heavy atom. The standard InChI is InChI=1S/C22H27N7O/c1-15-19(23)22(14-30-15)7-11-29(12-8-22)21-25-20-17(13-28(21)2)18(26-27-20)4-3-16-5-9-24-10-6-16/h5-6,9-10,15,19H,7-8,11-14,23H2,1-2H3,(H,26,27)/t15-,19+/m0/s1. The number of nitrogens with zero attached hydrogens (tertiary/aromatic N) is 5. The topological polar surface area (TPSA) is 95.7 Å². The molecule has 8 nitrogen and oxygen atoms in total. The molecule has 3 aliphatic rings. The van der Waals surface area contributed by atoms with Crippen LogP contribution in [0.4, 0.5) is 5.82 Å². The van der Waals surface area contributed by atoms with Crippen molar-refractivity contribution in [2.75, 3.05) is 26.7 Å². The minimum atomic E-state index is 0.110. The Morgan fingerprint density at radius 3 is 2.70 bits per heavy atom. The first-order valence-electron chi connectivity index (χ1n) is 10.5. The first kappa shape index (κ1) is 19.1. The molecule has 0 saturated carbocycles. The Hall–Kier alpha value is -2.89. The number of aliphatic imine (C=N–C) groups is 1. The minimum Gasteiger partial charge on any atom is -0.376 e. The van der Waals surface area contributed by atoms with Crippen LogP contribution in [0.25, 0.3) is 0 Å². The maximum absolute atomic E-state index is 6.46. The van der Waals surface area contributed by atoms with Crippen molar-refractivity contribution in [1.29, 1.82) is 0 Å². The van der Waals surface area contributed by atoms with Crippen molar-refractivity contribution in [1.82, 2.24) is 25.0 Å². The highest BCUT2D eigenvalue weighted by atomic mass is 16.5. The number of H-pyrrole nitrogens is 1. The van der Waals surface area contributed by atoms with Gasteiger partial charge in [0.05, 0.1) is 24.8 Å². The molecule has 0 amide bonds. The normalized spacial score (nSPS) is 25.0. The van der Waals surface area contributed by atoms with E-state index in [-0.39, 0.29) is 17.6 Å². The zero-order valence-corrected chi connectivity index (χ0v) is 17.4. The van der Waals surface area contributed by atoms with E-state index in [0.717, 1.165) is 67.7 Å². The zero-order valence-electron chi connectivity index (χ0n) is 17.4. The second-order valence-electron chi connectivity index (χ2n) is 8.54. The second kappa shape index (κ2) is 7.42. The number of likely N-dealkylation sites (tertiary alicyclic amines) is 1. The third-order valence-corrected chi connectivity index (χ3v) is 6.69. The third kappa shape index (κ3) is 3.24. The molecule has 0 aliphatic carbocycles. The molecule has 2 atom stereocenters. The average Bonchev–Trinajstić information content (AvgIpc) is 3.29. The predicted octanol–water partition coefficient (Wildman–Crippen LogP) is 1.47. The molecule has 8 heteroatoms. The summed E-state index contributed by atoms with van der Waals surface area (Å²) in [7, 11) is 2.08. The summed E-state index contributed by atoms with van der Waals surface area (Å²) < 4.78 is 5.85. The summed E-state index contributed by atoms with van der Waals surface area (Å²) in [6, 6.07) is 3.89. The number of pyridine rings is 1. The number of aromatic nitrogens is 3. The first-order chi connectivity index (χ1) is 14.6. The largest absolute Gasteiger partial charge is 0.376 e. The Balaban J connectivity index is 1.33. The van der Waals surface area contributed by atoms with Crippen LogP contribution < -0.4 is 5.73 Å². The quantitative estimate of drug-likeness (QED) is 0.645. The van der Waals surface area contributed by atoms with Gasteiger partial charge in [-0.05, 0) is 37.8 Å². The van der Waals surface area contributed by atoms with Crippen molar-refractivity contribution < 1.29 is 4.74 Å². The summed E-state index contributed by atoms with van der Waals surface area (Å²) in [6.45, 7) is 5.46. The number of ether oxygens (including phenoxy) is 1. The van der Waals surface area contributed by atoms with Crippen LogP contribution in [0.5, 0.6) is 0 Å². The van der Waals surface area contributed by atoms with Crippen LogP contribution >= 0.6 is 0 Å². The molecule has 2 saturated heterocycles. The molecule has 0 unspecified atom stereocenters. The highest BCUT2D eigenvalue weighted by Crippen LogP contribution is 2.41. The van der Waals surface area contributed by atoms with Crippen molar-refractivity contribution in [3.63, 3.8) is 0 Å². The maximum atomic E-state index is 6.46. The van der Waals surface area contributed by atoms with Crippen LogP contribution in [0.15, 0.2) is 29.5 Å². The molecular formula is C22H27N7O. The fraction of sp³-hybridized carbons (Fsp3) is 0.500. The number of fused-ring (bicyclic) bond motifs is 1. The summed E-state index contributed by atoms with van der Waals surface area (Å²) in [5.74, 6) is 8.10. The van der Waals surface area contributed by atoms with Crippen molar-refractivity contribution in [2.45, 2.75) is 38.5 Å². The van der Waals surface area contributed by atoms with E-state index in [1.165, 1.54) is 0 Å². The van der Waals surface area contributed by atoms with Gasteiger partial charge in [-0.1, -0.05) is 5.92 Å². The van der Waals surface area contributed by atoms with Gasteiger partial charge < -0.3 is 20.3 Å². The molecule has 0 bridgehead atoms. The SMILES string of the molecule is C[C@@H]1OCC2(CCN(C3=Nc4[nH]nc(C#Cc5ccncc5)c4CN3C)CC2)[C@@H]1N. The first-order valence-corrected chi connectivity index (χ1v) is 10.5. The predicted molar refractivity (Wildman–Crippen MR) is 114 cm³/mol. The lowest BCUT2D eigenvalue weighted by atomic mass is 9.73. The van der Waals surface area contributed by atoms with Gasteiger partial charge >= 0.3 is 0 Å². The fourth-order valence-corrected chi connectivity index (χ4v) is 4.70. The van der Waals surface area contributed by atoms with Gasteiger partial charge in [0.2, 0.25) is 5.96 Å². The number of nitrogens with two attached hydrogens (primary N) is 1. The van der Waals surface area contributed by atoms with Crippen molar-refractivity contribution in [3.8, 4) is 11.8 Å². The van der Waals surface area contributed by atoms with Crippen LogP contribution in [-0.2, 0) is 11.3 Å². The van der Waals surface area contributed by atoms with Gasteiger partial charge in [0.1, 0.15) is 5.69 Å². The molecule has 2 aromatic heterocycles. The lowest BCUT2D eigenvalue weighted by Crippen LogP contribution is -2.54. The molecule has 5 heterocycles. The Morgan fingerprint density at radius 2 is 2.00 bits per heavy atom. The Bertz CT molecular complexity index is 1010. The highest BCUT2D eigenvalue weighted by Gasteiger charge is 2.48. The number of piperidine rings is 1. The smallest absolute Gasteiger partial charge is 0.203 e. The Labute approximate surface area is 176 Å². The number of hydrogen-bond acceptors (Lipinski definition) is 7. The summed E-state index contributed by atoms with van der Waals surface area (Å²) >= 11 is 0. The van der Waals surface area contributed by atoms with Crippen molar-refractivity contribution in [2.24, 2.45) is 16.1 Å². The van der Waals surface area contributed by atoms with E-state index in [0.29, 0.717) is 0 Å². The lowest BCUT2D eigenvalue weighted by Gasteiger charge is -2.44. The van der Waals surface area contributed by atoms with E-state index in [2.05, 4.69) is 50.8 Å². The number of aromatic amines is 1. The van der Waals surface area contributed by atoms with Gasteiger partial charge in [-0.25, -0.2) is 0 Å². The van der Waals surface area contributed by atoms with Gasteiger partial charge in [-0.15, -0.1) is 0 Å². The number of nitrogens with one attached hydrogen (secondary N) is 1. The van der Waals surface area contributed by atoms with Gasteiger partial charge in [-0.3, -0.25) is 10.1 Å². The molecule has 2 fully saturated rings. The van der Waals surface area contributed by atoms with Crippen LogP contribution in [0, 0.1) is 17.3 Å². The average molecular weight is 406 g/mol. The number of hydrogen-bond donors (Lipinski definition) is 2. The molecule has 3 aliphatic heterocycles. The number of rotatable bonds is 0. The van der Waals surface area contributed by atoms with E-state index >= 15 is 0 Å². The van der Waals surface area contributed by atoms with Crippen LogP contribution in [0.2, 0.25) is 0 Å². The molecule has 1 spiro atoms. The lowest BCUT2D eigenvalue weighted by molar-refractivity contribution is 0.0815. The van der Waals surface area contributed by atoms with E-state index < -0.39 is 0 Å². The summed E-state index contributed by atoms with van der Waals surface area (Å²) in [5.41, 5.74) is 9.27. The molecule has 5 rings (SSSR count). The van der Waals surface area contributed by atoms with Gasteiger partial charge in [-0.2, -0.15) is 10.1 Å². The van der Waals surface area contributed by atoms with E-state index in [4.69, 9.17) is 15.5 Å². The summed E-state index contributed by atoms with van der Waals surface area (Å²) in [6.07, 6.45) is 5.68. The monoisotopic (exact) mass is 405 g/mol. The third-order valence-electron chi connectivity index (χ3n) is 6.69. The summed E-state index contributed by atoms with van der Waals surface area (Å²) in [4.78, 5) is 13.4. The molecule has 0 aromatic carbocycles. The molecule has 156 valence electrons. The molecular weight excluding hydrogens is 378 g/mol. The van der Waals surface area contributed by atoms with Crippen molar-refractivity contribution >= 4 is 11.8 Å². The molecule has 30 heavy (non-hydrogen) atoms. The van der Waals surface area contributed by atoms with Crippen molar-refractivity contribution in [3.05, 3.63) is 41.3 Å². The molecule has 3 N–H and O–H groups in total. The van der Waals surface area contributed by atoms with E-state index in [1.54, 1.807) is 12.4 Å². The molecule has 2 aromatic rings. The Kier molecular flexibility index (Phi) is 4.72. The summed E-state index contributed by atoms with van der Waals surface area (Å²) in [5, 5.41) is 7.47. The fourth-order valence-electron chi connectivity index (χ4n) is 4.70. The number of guanidine groups is 1. The minimum absolute atomic E-state index is 0.110. The van der Waals surface area contributed by atoms with Gasteiger partial charge in [0.25, 0.3) is 0 Å². The van der Waals surface area contributed by atoms with E-state index in [1.807, 2.05) is 12.1 Å². The van der Waals surface area contributed by atoms with Crippen LogP contribution in [0.1, 0.15) is 36.6 Å². The van der Waals surface area contributed by atoms with E-state index in [9.17, 15) is 0 Å². The maximum Gasteiger partial charge on any atom is 0.203 e. The van der Waals surface area contributed by atoms with Gasteiger partial charge in [0.15, 0.2) is 5.82 Å². The zero-order chi connectivity index (χ0) is 20.7. The van der Waals surface area contributed by atoms with Gasteiger partial charge in [0, 0.05) is 49.6 Å². The highest BCUT2D eigenvalue weighted by molar-refractivity contribution is 5.84. The van der Waals surface area contributed by atoms with Crippen LogP contribution in [0.3, 0.4) is 0 Å². The molecule has 0 radical (unpaired) electrons. The second-order valence-corrected chi connectivity index (χ2v) is 8.54.